The second-order valence-electron chi connectivity index (χ2n) is 11.5. The van der Waals surface area contributed by atoms with Gasteiger partial charge < -0.3 is 25.0 Å². The molecule has 0 saturated carbocycles. The van der Waals surface area contributed by atoms with Crippen molar-refractivity contribution in [1.29, 1.82) is 0 Å². The second-order valence-corrected chi connectivity index (χ2v) is 11.8. The Morgan fingerprint density at radius 1 is 1.05 bits per heavy atom. The zero-order valence-corrected chi connectivity index (χ0v) is 26.5. The van der Waals surface area contributed by atoms with Crippen LogP contribution < -0.4 is 10.6 Å². The largest absolute Gasteiger partial charge is 0.466 e. The number of nitrogens with one attached hydrogen (secondary N) is 2. The van der Waals surface area contributed by atoms with Crippen LogP contribution in [0.15, 0.2) is 18.2 Å². The molecule has 40 heavy (non-hydrogen) atoms. The van der Waals surface area contributed by atoms with Crippen LogP contribution in [-0.4, -0.2) is 65.4 Å². The molecule has 1 rings (SSSR count). The van der Waals surface area contributed by atoms with E-state index in [1.165, 1.54) is 0 Å². The van der Waals surface area contributed by atoms with Crippen molar-refractivity contribution in [3.05, 3.63) is 34.9 Å². The number of nitrogens with zero attached hydrogens (tertiary/aromatic N) is 1. The van der Waals surface area contributed by atoms with Gasteiger partial charge in [-0.15, -0.1) is 0 Å². The van der Waals surface area contributed by atoms with Gasteiger partial charge in [0, 0.05) is 18.3 Å². The number of carbonyl (C=O) groups excluding carboxylic acids is 4. The number of alkyl carbamates (subject to hydrolysis) is 1. The molecule has 2 N–H and O–H groups in total. The molecule has 3 unspecified atom stereocenters. The van der Waals surface area contributed by atoms with E-state index >= 15 is 0 Å². The number of carbonyl (C=O) groups is 4. The molecule has 0 saturated heterocycles. The van der Waals surface area contributed by atoms with E-state index in [2.05, 4.69) is 37.1 Å². The van der Waals surface area contributed by atoms with Crippen molar-refractivity contribution < 1.29 is 28.7 Å². The van der Waals surface area contributed by atoms with Crippen LogP contribution in [0.3, 0.4) is 0 Å². The van der Waals surface area contributed by atoms with E-state index in [0.29, 0.717) is 17.9 Å². The summed E-state index contributed by atoms with van der Waals surface area (Å²) in [6, 6.07) is 3.26. The number of rotatable bonds is 14. The molecule has 0 aliphatic heterocycles. The van der Waals surface area contributed by atoms with Crippen molar-refractivity contribution >= 4 is 36.5 Å². The molecule has 0 aliphatic rings. The van der Waals surface area contributed by atoms with Crippen molar-refractivity contribution in [3.8, 4) is 0 Å². The minimum atomic E-state index is -1.03. The summed E-state index contributed by atoms with van der Waals surface area (Å²) in [5, 5.41) is 5.48. The number of esters is 1. The summed E-state index contributed by atoms with van der Waals surface area (Å²) in [4.78, 5) is 54.1. The van der Waals surface area contributed by atoms with Crippen molar-refractivity contribution in [2.24, 2.45) is 5.92 Å². The van der Waals surface area contributed by atoms with E-state index < -0.39 is 41.6 Å². The van der Waals surface area contributed by atoms with E-state index in [9.17, 15) is 19.2 Å². The molecule has 1 aromatic carbocycles. The van der Waals surface area contributed by atoms with E-state index in [-0.39, 0.29) is 31.4 Å². The summed E-state index contributed by atoms with van der Waals surface area (Å²) in [6.45, 7) is 17.2. The Kier molecular flexibility index (Phi) is 14.6. The first kappa shape index (κ1) is 35.3. The van der Waals surface area contributed by atoms with Gasteiger partial charge in [-0.25, -0.2) is 4.79 Å². The highest BCUT2D eigenvalue weighted by atomic mass is 32.1. The first-order valence-electron chi connectivity index (χ1n) is 14.0. The molecule has 0 fully saturated rings. The molecule has 0 aliphatic carbocycles. The van der Waals surface area contributed by atoms with Gasteiger partial charge in [0.25, 0.3) is 0 Å². The topological polar surface area (TPSA) is 114 Å². The molecular formula is C30H49N3O6S. The predicted octanol–water partition coefficient (Wildman–Crippen LogP) is 4.89. The monoisotopic (exact) mass is 579 g/mol. The number of benzene rings is 1. The molecule has 1 aromatic rings. The fraction of sp³-hybridized carbons (Fsp3) is 0.667. The van der Waals surface area contributed by atoms with Gasteiger partial charge in [0.2, 0.25) is 11.8 Å². The van der Waals surface area contributed by atoms with Gasteiger partial charge in [0.1, 0.15) is 17.7 Å². The maximum absolute atomic E-state index is 14.2. The standard InChI is InChI=1S/C30H49N3O6S/c1-10-38-25(34)16-17-31-27(35)26(23-13-11-12-20(4)22(23)6)33(21(5)15-14-19(2)3)28(36)24(18-40)32-29(37)39-30(7,8)9/h11-13,19,21,24,26,40H,10,14-18H2,1-9H3,(H,31,35)(H,32,37). The van der Waals surface area contributed by atoms with Crippen LogP contribution >= 0.6 is 12.6 Å². The van der Waals surface area contributed by atoms with E-state index in [0.717, 1.165) is 17.5 Å². The van der Waals surface area contributed by atoms with Crippen molar-refractivity contribution in [3.63, 3.8) is 0 Å². The van der Waals surface area contributed by atoms with Crippen LogP contribution in [0, 0.1) is 19.8 Å². The zero-order chi connectivity index (χ0) is 30.6. The van der Waals surface area contributed by atoms with Gasteiger partial charge >= 0.3 is 12.1 Å². The fourth-order valence-electron chi connectivity index (χ4n) is 4.23. The molecular weight excluding hydrogens is 530 g/mol. The third kappa shape index (κ3) is 11.4. The van der Waals surface area contributed by atoms with Crippen molar-refractivity contribution in [1.82, 2.24) is 15.5 Å². The van der Waals surface area contributed by atoms with Gasteiger partial charge in [0.15, 0.2) is 0 Å². The predicted molar refractivity (Wildman–Crippen MR) is 160 cm³/mol. The number of amides is 3. The second kappa shape index (κ2) is 16.5. The molecule has 0 heterocycles. The summed E-state index contributed by atoms with van der Waals surface area (Å²) >= 11 is 4.36. The average molecular weight is 580 g/mol. The van der Waals surface area contributed by atoms with Crippen LogP contribution in [0.1, 0.15) is 90.5 Å². The lowest BCUT2D eigenvalue weighted by atomic mass is 9.93. The van der Waals surface area contributed by atoms with Gasteiger partial charge in [-0.3, -0.25) is 14.4 Å². The maximum atomic E-state index is 14.2. The normalized spacial score (nSPS) is 13.7. The van der Waals surface area contributed by atoms with Crippen molar-refractivity contribution in [2.75, 3.05) is 18.9 Å². The van der Waals surface area contributed by atoms with Crippen molar-refractivity contribution in [2.45, 2.75) is 105 Å². The van der Waals surface area contributed by atoms with Crippen LogP contribution in [0.4, 0.5) is 4.79 Å². The molecule has 226 valence electrons. The van der Waals surface area contributed by atoms with Crippen LogP contribution in [0.25, 0.3) is 0 Å². The minimum Gasteiger partial charge on any atom is -0.466 e. The Labute approximate surface area is 245 Å². The van der Waals surface area contributed by atoms with Gasteiger partial charge in [-0.2, -0.15) is 12.6 Å². The molecule has 0 bridgehead atoms. The summed E-state index contributed by atoms with van der Waals surface area (Å²) < 4.78 is 10.4. The number of hydrogen-bond acceptors (Lipinski definition) is 7. The third-order valence-corrected chi connectivity index (χ3v) is 6.83. The Morgan fingerprint density at radius 2 is 1.70 bits per heavy atom. The molecule has 9 nitrogen and oxygen atoms in total. The van der Waals surface area contributed by atoms with E-state index in [4.69, 9.17) is 9.47 Å². The average Bonchev–Trinajstić information content (AvgIpc) is 2.85. The fourth-order valence-corrected chi connectivity index (χ4v) is 4.48. The number of ether oxygens (including phenoxy) is 2. The molecule has 3 amide bonds. The first-order valence-corrected chi connectivity index (χ1v) is 14.7. The van der Waals surface area contributed by atoms with Gasteiger partial charge in [-0.05, 0) is 83.9 Å². The highest BCUT2D eigenvalue weighted by molar-refractivity contribution is 7.80. The lowest BCUT2D eigenvalue weighted by Crippen LogP contribution is -2.56. The van der Waals surface area contributed by atoms with Gasteiger partial charge in [0.05, 0.1) is 13.0 Å². The molecule has 0 spiro atoms. The van der Waals surface area contributed by atoms with Gasteiger partial charge in [-0.1, -0.05) is 32.0 Å². The van der Waals surface area contributed by atoms with E-state index in [1.807, 2.05) is 39.0 Å². The molecule has 0 radical (unpaired) electrons. The zero-order valence-electron chi connectivity index (χ0n) is 25.6. The van der Waals surface area contributed by atoms with Crippen LogP contribution in [0.2, 0.25) is 0 Å². The summed E-state index contributed by atoms with van der Waals surface area (Å²) in [6.07, 6.45) is 0.749. The van der Waals surface area contributed by atoms with Crippen LogP contribution in [-0.2, 0) is 23.9 Å². The Balaban J connectivity index is 3.55. The SMILES string of the molecule is CCOC(=O)CCNC(=O)C(c1cccc(C)c1C)N(C(=O)C(CS)NC(=O)OC(C)(C)C)C(C)CCC(C)C. The maximum Gasteiger partial charge on any atom is 0.408 e. The smallest absolute Gasteiger partial charge is 0.408 e. The number of hydrogen-bond donors (Lipinski definition) is 3. The minimum absolute atomic E-state index is 0.00934. The Bertz CT molecular complexity index is 1010. The third-order valence-electron chi connectivity index (χ3n) is 6.46. The van der Waals surface area contributed by atoms with Crippen LogP contribution in [0.5, 0.6) is 0 Å². The molecule has 3 atom stereocenters. The quantitative estimate of drug-likeness (QED) is 0.214. The summed E-state index contributed by atoms with van der Waals surface area (Å²) in [5.74, 6) is -0.879. The molecule has 0 aromatic heterocycles. The van der Waals surface area contributed by atoms with E-state index in [1.54, 1.807) is 32.6 Å². The Hall–Kier alpha value is -2.75. The first-order chi connectivity index (χ1) is 18.6. The summed E-state index contributed by atoms with van der Waals surface area (Å²) in [7, 11) is 0. The highest BCUT2D eigenvalue weighted by Gasteiger charge is 2.39. The highest BCUT2D eigenvalue weighted by Crippen LogP contribution is 2.30. The summed E-state index contributed by atoms with van der Waals surface area (Å²) in [5.41, 5.74) is 1.78. The molecule has 10 heteroatoms. The lowest BCUT2D eigenvalue weighted by Gasteiger charge is -2.39. The number of thiol groups is 1. The Morgan fingerprint density at radius 3 is 2.25 bits per heavy atom. The number of aryl methyl sites for hydroxylation is 1. The lowest BCUT2D eigenvalue weighted by molar-refractivity contribution is -0.145.